The summed E-state index contributed by atoms with van der Waals surface area (Å²) in [4.78, 5) is 7.86. The molecule has 0 amide bonds. The summed E-state index contributed by atoms with van der Waals surface area (Å²) in [7, 11) is 0. The summed E-state index contributed by atoms with van der Waals surface area (Å²) in [6, 6.07) is 4.10. The van der Waals surface area contributed by atoms with E-state index in [0.29, 0.717) is 5.92 Å². The Morgan fingerprint density at radius 2 is 2.07 bits per heavy atom. The number of imidazole rings is 1. The highest BCUT2D eigenvalue weighted by Gasteiger charge is 2.07. The Hall–Kier alpha value is -1.84. The number of fused-ring (bicyclic) bond motifs is 2. The molecule has 0 aliphatic heterocycles. The van der Waals surface area contributed by atoms with E-state index in [-0.39, 0.29) is 0 Å². The monoisotopic (exact) mass is 200 g/mol. The molecule has 3 rings (SSSR count). The van der Waals surface area contributed by atoms with Crippen molar-refractivity contribution < 1.29 is 0 Å². The summed E-state index contributed by atoms with van der Waals surface area (Å²) in [5.41, 5.74) is 3.10. The third-order valence-corrected chi connectivity index (χ3v) is 2.61. The van der Waals surface area contributed by atoms with Gasteiger partial charge in [-0.3, -0.25) is 5.10 Å². The van der Waals surface area contributed by atoms with E-state index in [4.69, 9.17) is 0 Å². The molecule has 76 valence electrons. The standard InChI is InChI=1S/C11H12N4/c1-6(2)11-13-9-3-7-5-12-15-8(7)4-10(9)14-11/h3-6H,1-2H3,(H,12,15)(H,13,14). The third-order valence-electron chi connectivity index (χ3n) is 2.61. The van der Waals surface area contributed by atoms with Crippen molar-refractivity contribution in [1.82, 2.24) is 20.2 Å². The van der Waals surface area contributed by atoms with Crippen LogP contribution in [0, 0.1) is 0 Å². The van der Waals surface area contributed by atoms with Crippen LogP contribution in [0.4, 0.5) is 0 Å². The molecule has 0 atom stereocenters. The number of H-pyrrole nitrogens is 2. The molecule has 0 aliphatic carbocycles. The van der Waals surface area contributed by atoms with Crippen LogP contribution < -0.4 is 0 Å². The van der Waals surface area contributed by atoms with Gasteiger partial charge < -0.3 is 4.98 Å². The van der Waals surface area contributed by atoms with Gasteiger partial charge in [0.2, 0.25) is 0 Å². The summed E-state index contributed by atoms with van der Waals surface area (Å²) in [5, 5.41) is 8.05. The molecule has 0 saturated carbocycles. The smallest absolute Gasteiger partial charge is 0.109 e. The zero-order valence-electron chi connectivity index (χ0n) is 8.70. The minimum absolute atomic E-state index is 0.425. The molecule has 3 aromatic rings. The molecule has 2 aromatic heterocycles. The number of rotatable bonds is 1. The van der Waals surface area contributed by atoms with Crippen LogP contribution in [0.2, 0.25) is 0 Å². The molecule has 2 N–H and O–H groups in total. The molecule has 0 aliphatic rings. The second-order valence-corrected chi connectivity index (χ2v) is 4.10. The predicted molar refractivity (Wildman–Crippen MR) is 59.8 cm³/mol. The molecule has 0 bridgehead atoms. The molecule has 0 saturated heterocycles. The lowest BCUT2D eigenvalue weighted by Gasteiger charge is -1.95. The lowest BCUT2D eigenvalue weighted by Crippen LogP contribution is -1.88. The minimum atomic E-state index is 0.425. The zero-order valence-corrected chi connectivity index (χ0v) is 8.70. The normalized spacial score (nSPS) is 11.9. The first-order valence-electron chi connectivity index (χ1n) is 5.07. The van der Waals surface area contributed by atoms with Crippen molar-refractivity contribution >= 4 is 21.9 Å². The fourth-order valence-corrected chi connectivity index (χ4v) is 1.74. The van der Waals surface area contributed by atoms with Gasteiger partial charge in [-0.25, -0.2) is 4.98 Å². The summed E-state index contributed by atoms with van der Waals surface area (Å²) in [6.07, 6.45) is 1.82. The molecule has 0 spiro atoms. The maximum absolute atomic E-state index is 4.54. The summed E-state index contributed by atoms with van der Waals surface area (Å²) < 4.78 is 0. The highest BCUT2D eigenvalue weighted by molar-refractivity contribution is 5.92. The summed E-state index contributed by atoms with van der Waals surface area (Å²) >= 11 is 0. The van der Waals surface area contributed by atoms with Crippen molar-refractivity contribution in [2.45, 2.75) is 19.8 Å². The van der Waals surface area contributed by atoms with Crippen LogP contribution in [0.1, 0.15) is 25.6 Å². The maximum atomic E-state index is 4.54. The molecule has 0 fully saturated rings. The zero-order chi connectivity index (χ0) is 10.4. The molecule has 1 aromatic carbocycles. The van der Waals surface area contributed by atoms with Crippen molar-refractivity contribution in [3.8, 4) is 0 Å². The SMILES string of the molecule is CC(C)c1nc2cc3[nH]ncc3cc2[nH]1. The van der Waals surface area contributed by atoms with Crippen molar-refractivity contribution in [3.05, 3.63) is 24.2 Å². The average Bonchev–Trinajstić information content (AvgIpc) is 2.77. The molecule has 15 heavy (non-hydrogen) atoms. The van der Waals surface area contributed by atoms with Gasteiger partial charge in [0.1, 0.15) is 5.82 Å². The molecule has 4 heteroatoms. The van der Waals surface area contributed by atoms with E-state index in [2.05, 4.69) is 40.1 Å². The van der Waals surface area contributed by atoms with Crippen molar-refractivity contribution in [2.75, 3.05) is 0 Å². The quantitative estimate of drug-likeness (QED) is 0.634. The van der Waals surface area contributed by atoms with E-state index >= 15 is 0 Å². The number of aromatic nitrogens is 4. The van der Waals surface area contributed by atoms with Crippen LogP contribution >= 0.6 is 0 Å². The number of hydrogen-bond donors (Lipinski definition) is 2. The van der Waals surface area contributed by atoms with Gasteiger partial charge in [-0.05, 0) is 12.1 Å². The van der Waals surface area contributed by atoms with Gasteiger partial charge >= 0.3 is 0 Å². The first-order chi connectivity index (χ1) is 7.24. The van der Waals surface area contributed by atoms with Crippen molar-refractivity contribution in [1.29, 1.82) is 0 Å². The van der Waals surface area contributed by atoms with Gasteiger partial charge in [-0.15, -0.1) is 0 Å². The second-order valence-electron chi connectivity index (χ2n) is 4.10. The van der Waals surface area contributed by atoms with Gasteiger partial charge in [0.15, 0.2) is 0 Å². The first kappa shape index (κ1) is 8.47. The van der Waals surface area contributed by atoms with Crippen molar-refractivity contribution in [3.63, 3.8) is 0 Å². The van der Waals surface area contributed by atoms with E-state index in [9.17, 15) is 0 Å². The number of aromatic amines is 2. The summed E-state index contributed by atoms with van der Waals surface area (Å²) in [5.74, 6) is 1.46. The van der Waals surface area contributed by atoms with Gasteiger partial charge in [-0.2, -0.15) is 5.10 Å². The molecule has 0 radical (unpaired) electrons. The van der Waals surface area contributed by atoms with Crippen LogP contribution in [0.15, 0.2) is 18.3 Å². The Morgan fingerprint density at radius 1 is 1.20 bits per heavy atom. The van der Waals surface area contributed by atoms with E-state index in [0.717, 1.165) is 27.8 Å². The first-order valence-corrected chi connectivity index (χ1v) is 5.07. The number of nitrogens with zero attached hydrogens (tertiary/aromatic N) is 2. The summed E-state index contributed by atoms with van der Waals surface area (Å²) in [6.45, 7) is 4.26. The number of nitrogens with one attached hydrogen (secondary N) is 2. The van der Waals surface area contributed by atoms with Crippen LogP contribution in [0.25, 0.3) is 21.9 Å². The Labute approximate surface area is 86.7 Å². The van der Waals surface area contributed by atoms with Crippen LogP contribution in [0.5, 0.6) is 0 Å². The fourth-order valence-electron chi connectivity index (χ4n) is 1.74. The molecular formula is C11H12N4. The molecular weight excluding hydrogens is 188 g/mol. The predicted octanol–water partition coefficient (Wildman–Crippen LogP) is 2.56. The highest BCUT2D eigenvalue weighted by atomic mass is 15.1. The van der Waals surface area contributed by atoms with Gasteiger partial charge in [0.25, 0.3) is 0 Å². The third kappa shape index (κ3) is 1.21. The largest absolute Gasteiger partial charge is 0.342 e. The number of benzene rings is 1. The van der Waals surface area contributed by atoms with E-state index < -0.39 is 0 Å². The Balaban J connectivity index is 2.34. The van der Waals surface area contributed by atoms with E-state index in [1.807, 2.05) is 12.3 Å². The van der Waals surface area contributed by atoms with Gasteiger partial charge in [0, 0.05) is 11.3 Å². The maximum Gasteiger partial charge on any atom is 0.109 e. The van der Waals surface area contributed by atoms with Crippen LogP contribution in [-0.2, 0) is 0 Å². The Kier molecular flexibility index (Phi) is 1.59. The fraction of sp³-hybridized carbons (Fsp3) is 0.273. The molecule has 2 heterocycles. The van der Waals surface area contributed by atoms with E-state index in [1.54, 1.807) is 0 Å². The highest BCUT2D eigenvalue weighted by Crippen LogP contribution is 2.21. The average molecular weight is 200 g/mol. The number of hydrogen-bond acceptors (Lipinski definition) is 2. The van der Waals surface area contributed by atoms with Crippen LogP contribution in [-0.4, -0.2) is 20.2 Å². The van der Waals surface area contributed by atoms with Gasteiger partial charge in [0.05, 0.1) is 22.7 Å². The lowest BCUT2D eigenvalue weighted by atomic mass is 10.2. The van der Waals surface area contributed by atoms with Crippen molar-refractivity contribution in [2.24, 2.45) is 0 Å². The van der Waals surface area contributed by atoms with Crippen LogP contribution in [0.3, 0.4) is 0 Å². The second kappa shape index (κ2) is 2.82. The van der Waals surface area contributed by atoms with Gasteiger partial charge in [-0.1, -0.05) is 13.8 Å². The molecule has 0 unspecified atom stereocenters. The minimum Gasteiger partial charge on any atom is -0.342 e. The Morgan fingerprint density at radius 3 is 2.87 bits per heavy atom. The topological polar surface area (TPSA) is 57.4 Å². The van der Waals surface area contributed by atoms with E-state index in [1.165, 1.54) is 0 Å². The Bertz CT molecular complexity index is 570. The molecule has 4 nitrogen and oxygen atoms in total. The lowest BCUT2D eigenvalue weighted by molar-refractivity contribution is 0.799.